The number of carbonyl (C=O) groups excluding carboxylic acids is 3. The minimum Gasteiger partial charge on any atom is -0.306 e. The summed E-state index contributed by atoms with van der Waals surface area (Å²) in [5.74, 6) is -1.94. The van der Waals surface area contributed by atoms with Crippen LogP contribution in [0.3, 0.4) is 0 Å². The van der Waals surface area contributed by atoms with Gasteiger partial charge in [-0.25, -0.2) is 9.29 Å². The van der Waals surface area contributed by atoms with Crippen molar-refractivity contribution < 1.29 is 18.8 Å². The Morgan fingerprint density at radius 3 is 2.35 bits per heavy atom. The molecule has 6 nitrogen and oxygen atoms in total. The topological polar surface area (TPSA) is 69.7 Å². The lowest BCUT2D eigenvalue weighted by Gasteiger charge is -2.30. The zero-order valence-electron chi connectivity index (χ0n) is 20.3. The summed E-state index contributed by atoms with van der Waals surface area (Å²) in [5, 5.41) is 3.53. The van der Waals surface area contributed by atoms with Gasteiger partial charge in [-0.3, -0.25) is 19.7 Å². The molecule has 8 heteroatoms. The summed E-state index contributed by atoms with van der Waals surface area (Å²) in [7, 11) is 0. The normalized spacial score (nSPS) is 26.3. The number of hydrogen-bond acceptors (Lipinski definition) is 5. The number of benzene rings is 3. The zero-order chi connectivity index (χ0) is 25.7. The molecule has 0 unspecified atom stereocenters. The molecule has 3 aliphatic rings. The van der Waals surface area contributed by atoms with Crippen molar-refractivity contribution in [2.45, 2.75) is 24.5 Å². The fourth-order valence-electron chi connectivity index (χ4n) is 6.20. The number of anilines is 2. The lowest BCUT2D eigenvalue weighted by molar-refractivity contribution is -0.132. The van der Waals surface area contributed by atoms with Crippen LogP contribution in [0.25, 0.3) is 0 Å². The molecular weight excluding hydrogens is 489 g/mol. The molecular formula is C29H26FN3O3S. The first-order valence-corrected chi connectivity index (χ1v) is 13.7. The molecule has 2 fully saturated rings. The van der Waals surface area contributed by atoms with Crippen molar-refractivity contribution in [1.29, 1.82) is 0 Å². The number of amides is 3. The lowest BCUT2D eigenvalue weighted by Crippen LogP contribution is -2.55. The van der Waals surface area contributed by atoms with Crippen molar-refractivity contribution in [1.82, 2.24) is 5.32 Å². The number of thioether (sulfide) groups is 1. The molecule has 3 heterocycles. The second-order valence-electron chi connectivity index (χ2n) is 9.73. The third kappa shape index (κ3) is 3.54. The molecule has 3 aromatic carbocycles. The highest BCUT2D eigenvalue weighted by molar-refractivity contribution is 7.98. The van der Waals surface area contributed by atoms with Crippen LogP contribution in [0, 0.1) is 17.7 Å². The SMILES string of the molecule is CSCC[C@@H]1N[C@]2(C(=O)N(Cc3ccc(F)cc3)c3ccccc32)[C@@H]2C(=O)N(c3ccccc3)C(=O)[C@@H]12. The van der Waals surface area contributed by atoms with Gasteiger partial charge in [-0.2, -0.15) is 11.8 Å². The zero-order valence-corrected chi connectivity index (χ0v) is 21.1. The summed E-state index contributed by atoms with van der Waals surface area (Å²) in [4.78, 5) is 45.3. The predicted octanol–water partition coefficient (Wildman–Crippen LogP) is 4.10. The van der Waals surface area contributed by atoms with Crippen molar-refractivity contribution in [3.8, 4) is 0 Å². The lowest BCUT2D eigenvalue weighted by atomic mass is 9.76. The van der Waals surface area contributed by atoms with Gasteiger partial charge in [0.15, 0.2) is 0 Å². The Morgan fingerprint density at radius 2 is 1.62 bits per heavy atom. The summed E-state index contributed by atoms with van der Waals surface area (Å²) >= 11 is 1.67. The van der Waals surface area contributed by atoms with E-state index in [2.05, 4.69) is 5.32 Å². The first kappa shape index (κ1) is 23.9. The highest BCUT2D eigenvalue weighted by Crippen LogP contribution is 2.55. The Balaban J connectivity index is 1.47. The van der Waals surface area contributed by atoms with Crippen molar-refractivity contribution in [3.05, 3.63) is 95.8 Å². The van der Waals surface area contributed by atoms with Gasteiger partial charge in [-0.1, -0.05) is 48.5 Å². The third-order valence-corrected chi connectivity index (χ3v) is 8.41. The maximum Gasteiger partial charge on any atom is 0.253 e. The third-order valence-electron chi connectivity index (χ3n) is 7.77. The minimum absolute atomic E-state index is 0.233. The van der Waals surface area contributed by atoms with Gasteiger partial charge in [0, 0.05) is 17.3 Å². The first-order valence-electron chi connectivity index (χ1n) is 12.3. The van der Waals surface area contributed by atoms with Gasteiger partial charge in [0.05, 0.1) is 24.1 Å². The van der Waals surface area contributed by atoms with E-state index in [9.17, 15) is 18.8 Å². The molecule has 0 bridgehead atoms. The second-order valence-corrected chi connectivity index (χ2v) is 10.7. The van der Waals surface area contributed by atoms with Crippen LogP contribution < -0.4 is 15.1 Å². The molecule has 0 aromatic heterocycles. The summed E-state index contributed by atoms with van der Waals surface area (Å²) in [6.07, 6.45) is 2.65. The molecule has 37 heavy (non-hydrogen) atoms. The highest BCUT2D eigenvalue weighted by atomic mass is 32.2. The molecule has 0 saturated carbocycles. The maximum absolute atomic E-state index is 14.4. The van der Waals surface area contributed by atoms with E-state index < -0.39 is 17.4 Å². The van der Waals surface area contributed by atoms with Crippen LogP contribution in [0.15, 0.2) is 78.9 Å². The summed E-state index contributed by atoms with van der Waals surface area (Å²) in [6.45, 7) is 0.233. The number of hydrogen-bond donors (Lipinski definition) is 1. The predicted molar refractivity (Wildman–Crippen MR) is 142 cm³/mol. The van der Waals surface area contributed by atoms with E-state index in [0.29, 0.717) is 23.4 Å². The van der Waals surface area contributed by atoms with Gasteiger partial charge < -0.3 is 4.90 Å². The number of imide groups is 1. The molecule has 0 radical (unpaired) electrons. The molecule has 0 aliphatic carbocycles. The van der Waals surface area contributed by atoms with Crippen LogP contribution in [0.1, 0.15) is 17.5 Å². The van der Waals surface area contributed by atoms with Crippen LogP contribution in [0.2, 0.25) is 0 Å². The average Bonchev–Trinajstić information content (AvgIpc) is 3.48. The summed E-state index contributed by atoms with van der Waals surface area (Å²) in [6, 6.07) is 22.1. The Bertz CT molecular complexity index is 1380. The number of nitrogens with zero attached hydrogens (tertiary/aromatic N) is 2. The van der Waals surface area contributed by atoms with Gasteiger partial charge in [-0.15, -0.1) is 0 Å². The Labute approximate surface area is 218 Å². The molecule has 2 saturated heterocycles. The Morgan fingerprint density at radius 1 is 0.919 bits per heavy atom. The number of rotatable bonds is 6. The number of carbonyl (C=O) groups is 3. The van der Waals surface area contributed by atoms with E-state index in [1.165, 1.54) is 17.0 Å². The smallest absolute Gasteiger partial charge is 0.253 e. The standard InChI is InChI=1S/C29H26FN3O3S/c1-37-16-15-22-24-25(27(35)33(26(24)34)20-7-3-2-4-8-20)29(31-22)21-9-5-6-10-23(21)32(28(29)36)17-18-11-13-19(30)14-12-18/h2-14,22,24-25,31H,15-17H2,1H3/t22-,24-,25-,29-/m0/s1. The number of halogens is 1. The quantitative estimate of drug-likeness (QED) is 0.501. The highest BCUT2D eigenvalue weighted by Gasteiger charge is 2.71. The van der Waals surface area contributed by atoms with Crippen molar-refractivity contribution in [2.75, 3.05) is 21.8 Å². The largest absolute Gasteiger partial charge is 0.306 e. The van der Waals surface area contributed by atoms with Crippen LogP contribution >= 0.6 is 11.8 Å². The molecule has 3 aromatic rings. The van der Waals surface area contributed by atoms with Crippen LogP contribution in [0.5, 0.6) is 0 Å². The van der Waals surface area contributed by atoms with Crippen molar-refractivity contribution in [2.24, 2.45) is 11.8 Å². The molecule has 6 rings (SSSR count). The first-order chi connectivity index (χ1) is 18.0. The van der Waals surface area contributed by atoms with Crippen LogP contribution in [-0.4, -0.2) is 35.8 Å². The van der Waals surface area contributed by atoms with Crippen molar-refractivity contribution in [3.63, 3.8) is 0 Å². The van der Waals surface area contributed by atoms with Crippen LogP contribution in [0.4, 0.5) is 15.8 Å². The van der Waals surface area contributed by atoms with Gasteiger partial charge in [-0.05, 0) is 54.3 Å². The molecule has 1 spiro atoms. The van der Waals surface area contributed by atoms with E-state index in [4.69, 9.17) is 0 Å². The average molecular weight is 516 g/mol. The van der Waals surface area contributed by atoms with E-state index >= 15 is 0 Å². The van der Waals surface area contributed by atoms with Gasteiger partial charge in [0.1, 0.15) is 11.4 Å². The van der Waals surface area contributed by atoms with E-state index in [0.717, 1.165) is 11.3 Å². The minimum atomic E-state index is -1.35. The fraction of sp³-hybridized carbons (Fsp3) is 0.276. The molecule has 188 valence electrons. The van der Waals surface area contributed by atoms with Gasteiger partial charge in [0.2, 0.25) is 11.8 Å². The second kappa shape index (κ2) is 9.11. The van der Waals surface area contributed by atoms with E-state index in [-0.39, 0.29) is 36.1 Å². The van der Waals surface area contributed by atoms with E-state index in [1.807, 2.05) is 36.6 Å². The van der Waals surface area contributed by atoms with Gasteiger partial charge >= 0.3 is 0 Å². The molecule has 3 amide bonds. The molecule has 4 atom stereocenters. The number of fused-ring (bicyclic) bond motifs is 4. The van der Waals surface area contributed by atoms with Gasteiger partial charge in [0.25, 0.3) is 5.91 Å². The van der Waals surface area contributed by atoms with E-state index in [1.54, 1.807) is 53.1 Å². The molecule has 3 aliphatic heterocycles. The monoisotopic (exact) mass is 515 g/mol. The Hall–Kier alpha value is -3.49. The summed E-state index contributed by atoms with van der Waals surface area (Å²) < 4.78 is 13.5. The molecule has 1 N–H and O–H groups in total. The fourth-order valence-corrected chi connectivity index (χ4v) is 6.69. The number of nitrogens with one attached hydrogen (secondary N) is 1. The summed E-state index contributed by atoms with van der Waals surface area (Å²) in [5.41, 5.74) is 1.36. The van der Waals surface area contributed by atoms with Crippen LogP contribution in [-0.2, 0) is 26.5 Å². The number of para-hydroxylation sites is 2. The maximum atomic E-state index is 14.4. The Kier molecular flexibility index (Phi) is 5.88. The van der Waals surface area contributed by atoms with Crippen molar-refractivity contribution >= 4 is 40.9 Å².